The Balaban J connectivity index is 1.72. The van der Waals surface area contributed by atoms with Gasteiger partial charge in [-0.3, -0.25) is 4.79 Å². The molecule has 6 heteroatoms. The minimum Gasteiger partial charge on any atom is -0.444 e. The number of amides is 1. The first-order chi connectivity index (χ1) is 11.9. The normalized spacial score (nSPS) is 12.8. The summed E-state index contributed by atoms with van der Waals surface area (Å²) < 4.78 is 7.24. The van der Waals surface area contributed by atoms with Crippen LogP contribution in [0.5, 0.6) is 0 Å². The van der Waals surface area contributed by atoms with E-state index in [1.54, 1.807) is 30.9 Å². The first-order valence-corrected chi connectivity index (χ1v) is 8.19. The summed E-state index contributed by atoms with van der Waals surface area (Å²) in [6.07, 6.45) is 8.44. The van der Waals surface area contributed by atoms with E-state index in [2.05, 4.69) is 36.1 Å². The average Bonchev–Trinajstić information content (AvgIpc) is 3.27. The SMILES string of the molecule is CC(C)(C)C(Cn1ccnc1)NC(=O)c1ccc(-c2cnco2)cc1. The van der Waals surface area contributed by atoms with Gasteiger partial charge in [-0.1, -0.05) is 32.9 Å². The lowest BCUT2D eigenvalue weighted by Crippen LogP contribution is -2.46. The maximum Gasteiger partial charge on any atom is 0.251 e. The maximum absolute atomic E-state index is 12.7. The van der Waals surface area contributed by atoms with Crippen molar-refractivity contribution in [1.29, 1.82) is 0 Å². The Morgan fingerprint density at radius 2 is 2.00 bits per heavy atom. The number of rotatable bonds is 5. The first-order valence-electron chi connectivity index (χ1n) is 8.19. The Bertz CT molecular complexity index is 800. The molecule has 0 aliphatic heterocycles. The number of carbonyl (C=O) groups excluding carboxylic acids is 1. The number of hydrogen-bond acceptors (Lipinski definition) is 4. The number of aromatic nitrogens is 3. The molecule has 0 bridgehead atoms. The van der Waals surface area contributed by atoms with Crippen LogP contribution < -0.4 is 5.32 Å². The molecule has 1 unspecified atom stereocenters. The lowest BCUT2D eigenvalue weighted by Gasteiger charge is -2.31. The Labute approximate surface area is 146 Å². The second-order valence-corrected chi connectivity index (χ2v) is 7.09. The van der Waals surface area contributed by atoms with Gasteiger partial charge in [0.2, 0.25) is 0 Å². The molecule has 0 saturated carbocycles. The number of carbonyl (C=O) groups is 1. The van der Waals surface area contributed by atoms with Crippen LogP contribution in [0.25, 0.3) is 11.3 Å². The van der Waals surface area contributed by atoms with Crippen LogP contribution >= 0.6 is 0 Å². The monoisotopic (exact) mass is 338 g/mol. The Morgan fingerprint density at radius 3 is 2.56 bits per heavy atom. The summed E-state index contributed by atoms with van der Waals surface area (Å²) in [6, 6.07) is 7.28. The minimum atomic E-state index is -0.0934. The van der Waals surface area contributed by atoms with Crippen LogP contribution in [0.4, 0.5) is 0 Å². The van der Waals surface area contributed by atoms with E-state index in [0.717, 1.165) is 5.56 Å². The molecule has 1 amide bonds. The fourth-order valence-corrected chi connectivity index (χ4v) is 2.53. The van der Waals surface area contributed by atoms with Crippen LogP contribution in [0, 0.1) is 5.41 Å². The molecule has 0 spiro atoms. The summed E-state index contributed by atoms with van der Waals surface area (Å²) >= 11 is 0. The third-order valence-corrected chi connectivity index (χ3v) is 4.17. The zero-order valence-corrected chi connectivity index (χ0v) is 14.6. The van der Waals surface area contributed by atoms with E-state index in [1.165, 1.54) is 6.39 Å². The molecule has 1 N–H and O–H groups in total. The van der Waals surface area contributed by atoms with E-state index < -0.39 is 0 Å². The number of nitrogens with one attached hydrogen (secondary N) is 1. The van der Waals surface area contributed by atoms with E-state index in [-0.39, 0.29) is 17.4 Å². The van der Waals surface area contributed by atoms with Crippen molar-refractivity contribution in [3.8, 4) is 11.3 Å². The Morgan fingerprint density at radius 1 is 1.24 bits per heavy atom. The van der Waals surface area contributed by atoms with Crippen LogP contribution in [0.3, 0.4) is 0 Å². The van der Waals surface area contributed by atoms with Crippen LogP contribution in [0.15, 0.2) is 60.0 Å². The van der Waals surface area contributed by atoms with E-state index in [1.807, 2.05) is 22.9 Å². The molecule has 1 aromatic carbocycles. The smallest absolute Gasteiger partial charge is 0.251 e. The molecule has 0 aliphatic carbocycles. The zero-order valence-electron chi connectivity index (χ0n) is 14.6. The van der Waals surface area contributed by atoms with E-state index in [4.69, 9.17) is 4.42 Å². The van der Waals surface area contributed by atoms with Gasteiger partial charge in [-0.25, -0.2) is 9.97 Å². The minimum absolute atomic E-state index is 0.0249. The van der Waals surface area contributed by atoms with Crippen molar-refractivity contribution >= 4 is 5.91 Å². The molecule has 0 aliphatic rings. The van der Waals surface area contributed by atoms with Crippen molar-refractivity contribution in [2.24, 2.45) is 5.41 Å². The van der Waals surface area contributed by atoms with Gasteiger partial charge >= 0.3 is 0 Å². The quantitative estimate of drug-likeness (QED) is 0.774. The maximum atomic E-state index is 12.7. The molecule has 3 aromatic rings. The van der Waals surface area contributed by atoms with Gasteiger partial charge in [0.1, 0.15) is 0 Å². The Kier molecular flexibility index (Phi) is 4.70. The van der Waals surface area contributed by atoms with Gasteiger partial charge in [0.25, 0.3) is 5.91 Å². The third kappa shape index (κ3) is 4.15. The van der Waals surface area contributed by atoms with Crippen molar-refractivity contribution in [3.63, 3.8) is 0 Å². The molecule has 0 radical (unpaired) electrons. The van der Waals surface area contributed by atoms with Gasteiger partial charge in [0, 0.05) is 30.1 Å². The van der Waals surface area contributed by atoms with Crippen LogP contribution in [-0.4, -0.2) is 26.5 Å². The summed E-state index contributed by atoms with van der Waals surface area (Å²) in [4.78, 5) is 20.6. The third-order valence-electron chi connectivity index (χ3n) is 4.17. The molecule has 1 atom stereocenters. The standard InChI is InChI=1S/C19H22N4O2/c1-19(2,3)17(11-23-9-8-20-12-23)22-18(24)15-6-4-14(5-7-15)16-10-21-13-25-16/h4-10,12-13,17H,11H2,1-3H3,(H,22,24). The summed E-state index contributed by atoms with van der Waals surface area (Å²) in [7, 11) is 0. The van der Waals surface area contributed by atoms with E-state index in [0.29, 0.717) is 17.9 Å². The number of nitrogens with zero attached hydrogens (tertiary/aromatic N) is 3. The predicted octanol–water partition coefficient (Wildman–Crippen LogP) is 3.38. The van der Waals surface area contributed by atoms with Gasteiger partial charge in [-0.2, -0.15) is 0 Å². The molecule has 3 rings (SSSR count). The Hall–Kier alpha value is -2.89. The zero-order chi connectivity index (χ0) is 17.9. The van der Waals surface area contributed by atoms with Crippen LogP contribution in [0.1, 0.15) is 31.1 Å². The molecule has 2 heterocycles. The molecule has 0 saturated heterocycles. The first kappa shape index (κ1) is 17.0. The molecule has 130 valence electrons. The lowest BCUT2D eigenvalue weighted by atomic mass is 9.86. The van der Waals surface area contributed by atoms with Gasteiger partial charge in [0.05, 0.1) is 18.6 Å². The number of oxazole rings is 1. The molecule has 2 aromatic heterocycles. The summed E-state index contributed by atoms with van der Waals surface area (Å²) in [6.45, 7) is 7.01. The average molecular weight is 338 g/mol. The number of benzene rings is 1. The summed E-state index contributed by atoms with van der Waals surface area (Å²) in [5.41, 5.74) is 1.42. The topological polar surface area (TPSA) is 73.0 Å². The van der Waals surface area contributed by atoms with Crippen molar-refractivity contribution in [3.05, 3.63) is 61.1 Å². The van der Waals surface area contributed by atoms with Gasteiger partial charge in [-0.05, 0) is 17.5 Å². The highest BCUT2D eigenvalue weighted by Crippen LogP contribution is 2.22. The summed E-state index contributed by atoms with van der Waals surface area (Å²) in [5.74, 6) is 0.587. The second kappa shape index (κ2) is 6.93. The van der Waals surface area contributed by atoms with Gasteiger partial charge < -0.3 is 14.3 Å². The predicted molar refractivity (Wildman–Crippen MR) is 94.9 cm³/mol. The highest BCUT2D eigenvalue weighted by molar-refractivity contribution is 5.94. The van der Waals surface area contributed by atoms with E-state index >= 15 is 0 Å². The molecule has 0 fully saturated rings. The molecular weight excluding hydrogens is 316 g/mol. The van der Waals surface area contributed by atoms with Gasteiger partial charge in [0.15, 0.2) is 12.2 Å². The van der Waals surface area contributed by atoms with Crippen molar-refractivity contribution in [2.45, 2.75) is 33.4 Å². The largest absolute Gasteiger partial charge is 0.444 e. The van der Waals surface area contributed by atoms with Gasteiger partial charge in [-0.15, -0.1) is 0 Å². The van der Waals surface area contributed by atoms with Crippen molar-refractivity contribution in [2.75, 3.05) is 0 Å². The lowest BCUT2D eigenvalue weighted by molar-refractivity contribution is 0.0892. The van der Waals surface area contributed by atoms with Crippen molar-refractivity contribution in [1.82, 2.24) is 19.9 Å². The van der Waals surface area contributed by atoms with Crippen molar-refractivity contribution < 1.29 is 9.21 Å². The second-order valence-electron chi connectivity index (χ2n) is 7.09. The fourth-order valence-electron chi connectivity index (χ4n) is 2.53. The van der Waals surface area contributed by atoms with Crippen LogP contribution in [0.2, 0.25) is 0 Å². The molecule has 6 nitrogen and oxygen atoms in total. The van der Waals surface area contributed by atoms with E-state index in [9.17, 15) is 4.79 Å². The number of imidazole rings is 1. The highest BCUT2D eigenvalue weighted by atomic mass is 16.3. The number of hydrogen-bond donors (Lipinski definition) is 1. The summed E-state index contributed by atoms with van der Waals surface area (Å²) in [5, 5.41) is 3.14. The molecular formula is C19H22N4O2. The fraction of sp³-hybridized carbons (Fsp3) is 0.316. The van der Waals surface area contributed by atoms with Crippen LogP contribution in [-0.2, 0) is 6.54 Å². The molecule has 25 heavy (non-hydrogen) atoms. The highest BCUT2D eigenvalue weighted by Gasteiger charge is 2.27.